The van der Waals surface area contributed by atoms with E-state index in [1.165, 1.54) is 6.92 Å². The van der Waals surface area contributed by atoms with E-state index in [0.717, 1.165) is 5.56 Å². The van der Waals surface area contributed by atoms with Gasteiger partial charge in [0.05, 0.1) is 0 Å². The van der Waals surface area contributed by atoms with Crippen LogP contribution in [0.4, 0.5) is 0 Å². The van der Waals surface area contributed by atoms with Gasteiger partial charge >= 0.3 is 11.9 Å². The Morgan fingerprint density at radius 3 is 2.14 bits per heavy atom. The number of nitrogens with one attached hydrogen (secondary N) is 1. The lowest BCUT2D eigenvalue weighted by atomic mass is 9.82. The van der Waals surface area contributed by atoms with E-state index in [0.29, 0.717) is 0 Å². The summed E-state index contributed by atoms with van der Waals surface area (Å²) in [6.45, 7) is 4.68. The van der Waals surface area contributed by atoms with Crippen LogP contribution in [-0.2, 0) is 30.6 Å². The lowest BCUT2D eigenvalue weighted by molar-refractivity contribution is -0.180. The van der Waals surface area contributed by atoms with E-state index < -0.39 is 23.3 Å². The average Bonchev–Trinajstić information content (AvgIpc) is 2.53. The summed E-state index contributed by atoms with van der Waals surface area (Å²) in [4.78, 5) is 40.0. The van der Waals surface area contributed by atoms with Crippen molar-refractivity contribution in [2.24, 2.45) is 5.41 Å². The molecule has 0 atom stereocenters. The Hall–Kier alpha value is -2.37. The molecule has 0 aliphatic carbocycles. The van der Waals surface area contributed by atoms with E-state index in [-0.39, 0.29) is 19.4 Å². The molecular formula is C16H21NO5. The first-order valence-corrected chi connectivity index (χ1v) is 7.15. The van der Waals surface area contributed by atoms with Crippen molar-refractivity contribution in [1.82, 2.24) is 5.48 Å². The zero-order valence-corrected chi connectivity index (χ0v) is 13.0. The quantitative estimate of drug-likeness (QED) is 0.494. The van der Waals surface area contributed by atoms with Gasteiger partial charge in [0.25, 0.3) is 0 Å². The Labute approximate surface area is 129 Å². The zero-order valence-electron chi connectivity index (χ0n) is 13.0. The highest BCUT2D eigenvalue weighted by Gasteiger charge is 2.46. The molecule has 0 fully saturated rings. The van der Waals surface area contributed by atoms with Crippen LogP contribution in [0.15, 0.2) is 30.3 Å². The topological polar surface area (TPSA) is 81.7 Å². The molecule has 0 unspecified atom stereocenters. The predicted octanol–water partition coefficient (Wildman–Crippen LogP) is 2.13. The van der Waals surface area contributed by atoms with Crippen molar-refractivity contribution in [3.63, 3.8) is 0 Å². The molecule has 6 nitrogen and oxygen atoms in total. The first kappa shape index (κ1) is 17.7. The minimum absolute atomic E-state index is 0.0782. The summed E-state index contributed by atoms with van der Waals surface area (Å²) in [6.07, 6.45) is 0.436. The molecular weight excluding hydrogens is 286 g/mol. The van der Waals surface area contributed by atoms with Crippen molar-refractivity contribution in [1.29, 1.82) is 0 Å². The van der Waals surface area contributed by atoms with Crippen molar-refractivity contribution < 1.29 is 24.0 Å². The number of benzene rings is 1. The normalized spacial score (nSPS) is 10.7. The van der Waals surface area contributed by atoms with E-state index in [9.17, 15) is 14.4 Å². The fourth-order valence-electron chi connectivity index (χ4n) is 1.99. The first-order valence-electron chi connectivity index (χ1n) is 7.15. The highest BCUT2D eigenvalue weighted by Crippen LogP contribution is 2.30. The molecule has 1 amide bonds. The van der Waals surface area contributed by atoms with Gasteiger partial charge in [-0.25, -0.2) is 4.79 Å². The van der Waals surface area contributed by atoms with Crippen LogP contribution in [0.5, 0.6) is 0 Å². The molecule has 6 heteroatoms. The fourth-order valence-corrected chi connectivity index (χ4v) is 1.99. The summed E-state index contributed by atoms with van der Waals surface area (Å²) in [5, 5.41) is 0. The number of amides is 1. The van der Waals surface area contributed by atoms with Gasteiger partial charge < -0.3 is 9.57 Å². The van der Waals surface area contributed by atoms with E-state index in [1.54, 1.807) is 13.8 Å². The predicted molar refractivity (Wildman–Crippen MR) is 79.2 cm³/mol. The lowest BCUT2D eigenvalue weighted by Crippen LogP contribution is -2.43. The molecule has 0 radical (unpaired) electrons. The average molecular weight is 307 g/mol. The van der Waals surface area contributed by atoms with Gasteiger partial charge in [0.2, 0.25) is 5.91 Å². The van der Waals surface area contributed by atoms with Gasteiger partial charge in [0.15, 0.2) is 5.41 Å². The van der Waals surface area contributed by atoms with Gasteiger partial charge in [-0.3, -0.25) is 9.59 Å². The molecule has 0 saturated carbocycles. The molecule has 1 aromatic carbocycles. The van der Waals surface area contributed by atoms with Crippen LogP contribution in [0, 0.1) is 5.41 Å². The molecule has 22 heavy (non-hydrogen) atoms. The third-order valence-corrected chi connectivity index (χ3v) is 3.49. The second-order valence-electron chi connectivity index (χ2n) is 4.90. The SMILES string of the molecule is CCC(CC)(C(=O)OCc1ccccc1)C(=O)ONC(C)=O. The van der Waals surface area contributed by atoms with Crippen LogP contribution < -0.4 is 5.48 Å². The van der Waals surface area contributed by atoms with Crippen LogP contribution in [-0.4, -0.2) is 17.8 Å². The van der Waals surface area contributed by atoms with Gasteiger partial charge in [0.1, 0.15) is 6.61 Å². The van der Waals surface area contributed by atoms with Crippen molar-refractivity contribution in [2.45, 2.75) is 40.2 Å². The summed E-state index contributed by atoms with van der Waals surface area (Å²) in [6, 6.07) is 9.17. The minimum Gasteiger partial charge on any atom is -0.460 e. The highest BCUT2D eigenvalue weighted by atomic mass is 16.7. The fraction of sp³-hybridized carbons (Fsp3) is 0.438. The number of ether oxygens (including phenoxy) is 1. The number of hydrogen-bond acceptors (Lipinski definition) is 5. The summed E-state index contributed by atoms with van der Waals surface area (Å²) < 4.78 is 5.25. The first-order chi connectivity index (χ1) is 10.5. The van der Waals surface area contributed by atoms with E-state index in [2.05, 4.69) is 4.84 Å². The molecule has 0 aliphatic rings. The van der Waals surface area contributed by atoms with Crippen molar-refractivity contribution in [3.05, 3.63) is 35.9 Å². The third kappa shape index (κ3) is 4.31. The standard InChI is InChI=1S/C16H21NO5/c1-4-16(5-2,15(20)22-17-12(3)18)14(19)21-11-13-9-7-6-8-10-13/h6-10H,4-5,11H2,1-3H3,(H,17,18). The molecule has 0 heterocycles. The number of carbonyl (C=O) groups excluding carboxylic acids is 3. The van der Waals surface area contributed by atoms with E-state index in [1.807, 2.05) is 35.8 Å². The van der Waals surface area contributed by atoms with Crippen LogP contribution >= 0.6 is 0 Å². The lowest BCUT2D eigenvalue weighted by Gasteiger charge is -2.26. The van der Waals surface area contributed by atoms with Crippen molar-refractivity contribution in [3.8, 4) is 0 Å². The molecule has 1 rings (SSSR count). The largest absolute Gasteiger partial charge is 0.460 e. The van der Waals surface area contributed by atoms with Crippen LogP contribution in [0.1, 0.15) is 39.2 Å². The smallest absolute Gasteiger partial charge is 0.349 e. The monoisotopic (exact) mass is 307 g/mol. The van der Waals surface area contributed by atoms with Crippen molar-refractivity contribution in [2.75, 3.05) is 0 Å². The summed E-state index contributed by atoms with van der Waals surface area (Å²) in [5.74, 6) is -1.99. The second kappa shape index (κ2) is 8.17. The van der Waals surface area contributed by atoms with Gasteiger partial charge in [-0.05, 0) is 18.4 Å². The molecule has 0 saturated heterocycles. The van der Waals surface area contributed by atoms with Gasteiger partial charge in [0, 0.05) is 6.92 Å². The second-order valence-corrected chi connectivity index (χ2v) is 4.90. The van der Waals surface area contributed by atoms with Crippen LogP contribution in [0.25, 0.3) is 0 Å². The molecule has 0 bridgehead atoms. The Morgan fingerprint density at radius 1 is 1.05 bits per heavy atom. The Kier molecular flexibility index (Phi) is 6.56. The van der Waals surface area contributed by atoms with E-state index >= 15 is 0 Å². The van der Waals surface area contributed by atoms with E-state index in [4.69, 9.17) is 4.74 Å². The summed E-state index contributed by atoms with van der Waals surface area (Å²) in [5.41, 5.74) is 1.36. The Balaban J connectivity index is 2.77. The zero-order chi connectivity index (χ0) is 16.6. The number of esters is 1. The molecule has 1 aromatic rings. The third-order valence-electron chi connectivity index (χ3n) is 3.49. The van der Waals surface area contributed by atoms with Crippen LogP contribution in [0.2, 0.25) is 0 Å². The maximum Gasteiger partial charge on any atom is 0.349 e. The van der Waals surface area contributed by atoms with Gasteiger partial charge in [-0.2, -0.15) is 5.48 Å². The number of hydroxylamine groups is 1. The number of carbonyl (C=O) groups is 3. The van der Waals surface area contributed by atoms with Crippen LogP contribution in [0.3, 0.4) is 0 Å². The molecule has 120 valence electrons. The highest BCUT2D eigenvalue weighted by molar-refractivity contribution is 6.00. The summed E-state index contributed by atoms with van der Waals surface area (Å²) >= 11 is 0. The van der Waals surface area contributed by atoms with Gasteiger partial charge in [-0.15, -0.1) is 0 Å². The van der Waals surface area contributed by atoms with Crippen molar-refractivity contribution >= 4 is 17.8 Å². The maximum atomic E-state index is 12.4. The molecule has 0 aromatic heterocycles. The Morgan fingerprint density at radius 2 is 1.64 bits per heavy atom. The minimum atomic E-state index is -1.42. The maximum absolute atomic E-state index is 12.4. The Bertz CT molecular complexity index is 523. The number of hydrogen-bond donors (Lipinski definition) is 1. The summed E-state index contributed by atoms with van der Waals surface area (Å²) in [7, 11) is 0. The molecule has 1 N–H and O–H groups in total. The van der Waals surface area contributed by atoms with Gasteiger partial charge in [-0.1, -0.05) is 44.2 Å². The number of rotatable bonds is 6. The molecule has 0 aliphatic heterocycles. The molecule has 0 spiro atoms.